The van der Waals surface area contributed by atoms with Crippen molar-refractivity contribution in [2.45, 2.75) is 29.4 Å². The number of amides is 1. The van der Waals surface area contributed by atoms with Crippen LogP contribution in [0, 0.1) is 0 Å². The van der Waals surface area contributed by atoms with E-state index in [0.717, 1.165) is 0 Å². The fourth-order valence-electron chi connectivity index (χ4n) is 4.17. The van der Waals surface area contributed by atoms with Gasteiger partial charge in [0.15, 0.2) is 21.5 Å². The van der Waals surface area contributed by atoms with Crippen LogP contribution in [0.3, 0.4) is 0 Å². The van der Waals surface area contributed by atoms with Gasteiger partial charge in [0.25, 0.3) is 5.91 Å². The Bertz CT molecular complexity index is 1400. The lowest BCUT2D eigenvalue weighted by atomic mass is 9.85. The Morgan fingerprint density at radius 1 is 1.05 bits per heavy atom. The van der Waals surface area contributed by atoms with Crippen molar-refractivity contribution in [1.29, 1.82) is 0 Å². The minimum absolute atomic E-state index is 0.0220. The summed E-state index contributed by atoms with van der Waals surface area (Å²) in [5, 5.41) is 18.7. The van der Waals surface area contributed by atoms with Crippen molar-refractivity contribution in [3.8, 4) is 5.75 Å². The number of carbonyl (C=O) groups is 1. The largest absolute Gasteiger partial charge is 0.494 e. The highest BCUT2D eigenvalue weighted by Crippen LogP contribution is 2.45. The van der Waals surface area contributed by atoms with Crippen molar-refractivity contribution in [3.63, 3.8) is 0 Å². The molecule has 38 heavy (non-hydrogen) atoms. The second-order valence-corrected chi connectivity index (χ2v) is 11.6. The topological polar surface area (TPSA) is 135 Å². The molecule has 0 aromatic heterocycles. The molecule has 1 aliphatic rings. The van der Waals surface area contributed by atoms with Gasteiger partial charge in [-0.1, -0.05) is 52.3 Å². The molecule has 0 aliphatic carbocycles. The summed E-state index contributed by atoms with van der Waals surface area (Å²) >= 11 is 3.49. The summed E-state index contributed by atoms with van der Waals surface area (Å²) in [6.45, 7) is 0.376. The highest BCUT2D eigenvalue weighted by atomic mass is 79.9. The summed E-state index contributed by atoms with van der Waals surface area (Å²) in [5.41, 5.74) is 0.993. The lowest BCUT2D eigenvalue weighted by Gasteiger charge is -2.30. The molecule has 9 nitrogen and oxygen atoms in total. The molecule has 3 N–H and O–H groups in total. The Hall–Kier alpha value is -3.25. The molecular formula is C27H27BrN2O7S. The molecule has 3 aromatic rings. The van der Waals surface area contributed by atoms with Gasteiger partial charge >= 0.3 is 0 Å². The molecular weight excluding hydrogens is 576 g/mol. The number of aliphatic hydroxyl groups excluding tert-OH is 1. The van der Waals surface area contributed by atoms with E-state index in [1.54, 1.807) is 72.2 Å². The minimum Gasteiger partial charge on any atom is -0.494 e. The average molecular weight is 603 g/mol. The number of hydrogen-bond acceptors (Lipinski definition) is 8. The van der Waals surface area contributed by atoms with E-state index in [4.69, 9.17) is 14.6 Å². The number of aliphatic imine (C=N–C) groups is 1. The van der Waals surface area contributed by atoms with E-state index >= 15 is 0 Å². The van der Waals surface area contributed by atoms with E-state index in [-0.39, 0.29) is 23.8 Å². The summed E-state index contributed by atoms with van der Waals surface area (Å²) in [4.78, 5) is 18.0. The summed E-state index contributed by atoms with van der Waals surface area (Å²) < 4.78 is 38.7. The predicted molar refractivity (Wildman–Crippen MR) is 144 cm³/mol. The first-order chi connectivity index (χ1) is 18.3. The molecule has 0 unspecified atom stereocenters. The first kappa shape index (κ1) is 27.8. The first-order valence-corrected chi connectivity index (χ1v) is 14.3. The zero-order valence-electron chi connectivity index (χ0n) is 20.3. The molecule has 0 fully saturated rings. The number of benzene rings is 3. The van der Waals surface area contributed by atoms with Crippen LogP contribution in [0.25, 0.3) is 0 Å². The zero-order valence-corrected chi connectivity index (χ0v) is 22.7. The maximum Gasteiger partial charge on any atom is 0.275 e. The van der Waals surface area contributed by atoms with Crippen molar-refractivity contribution in [2.24, 2.45) is 4.99 Å². The van der Waals surface area contributed by atoms with Gasteiger partial charge in [-0.2, -0.15) is 0 Å². The summed E-state index contributed by atoms with van der Waals surface area (Å²) in [6, 6.07) is 21.9. The normalized spacial score (nSPS) is 18.9. The summed E-state index contributed by atoms with van der Waals surface area (Å²) in [6.07, 6.45) is -0.795. The maximum absolute atomic E-state index is 13.3. The Morgan fingerprint density at radius 2 is 1.74 bits per heavy atom. The van der Waals surface area contributed by atoms with Gasteiger partial charge in [-0.25, -0.2) is 18.9 Å². The van der Waals surface area contributed by atoms with Crippen LogP contribution in [-0.2, 0) is 19.4 Å². The van der Waals surface area contributed by atoms with E-state index in [2.05, 4.69) is 20.9 Å². The predicted octanol–water partition coefficient (Wildman–Crippen LogP) is 3.84. The lowest BCUT2D eigenvalue weighted by molar-refractivity contribution is -0.137. The molecule has 1 aliphatic heterocycles. The van der Waals surface area contributed by atoms with E-state index in [9.17, 15) is 18.4 Å². The molecule has 2 atom stereocenters. The number of carbonyl (C=O) groups excluding carboxylic acids is 1. The van der Waals surface area contributed by atoms with Crippen LogP contribution in [0.5, 0.6) is 5.75 Å². The van der Waals surface area contributed by atoms with Crippen LogP contribution < -0.4 is 10.2 Å². The number of aliphatic hydroxyl groups is 1. The highest BCUT2D eigenvalue weighted by Gasteiger charge is 2.54. The minimum atomic E-state index is -3.77. The van der Waals surface area contributed by atoms with Gasteiger partial charge in [-0.15, -0.1) is 0 Å². The molecule has 3 aromatic carbocycles. The zero-order chi connectivity index (χ0) is 27.2. The summed E-state index contributed by atoms with van der Waals surface area (Å²) in [7, 11) is -3.77. The van der Waals surface area contributed by atoms with Crippen molar-refractivity contribution in [3.05, 3.63) is 94.5 Å². The second-order valence-electron chi connectivity index (χ2n) is 8.63. The highest BCUT2D eigenvalue weighted by molar-refractivity contribution is 9.10. The quantitative estimate of drug-likeness (QED) is 0.172. The first-order valence-electron chi connectivity index (χ1n) is 11.9. The molecule has 0 spiro atoms. The van der Waals surface area contributed by atoms with Gasteiger partial charge in [0.05, 0.1) is 17.3 Å². The third kappa shape index (κ3) is 5.91. The molecule has 0 saturated heterocycles. The maximum atomic E-state index is 13.3. The van der Waals surface area contributed by atoms with Gasteiger partial charge in [0.1, 0.15) is 5.75 Å². The van der Waals surface area contributed by atoms with E-state index in [0.29, 0.717) is 34.4 Å². The Kier molecular flexibility index (Phi) is 8.83. The van der Waals surface area contributed by atoms with Crippen LogP contribution in [0.1, 0.15) is 30.1 Å². The van der Waals surface area contributed by atoms with Gasteiger partial charge < -0.3 is 14.6 Å². The van der Waals surface area contributed by atoms with Crippen LogP contribution in [0.4, 0.5) is 0 Å². The van der Waals surface area contributed by atoms with E-state index < -0.39 is 33.1 Å². The SMILES string of the molecule is O=C(NO)[C@@]1(CCS(=O)(=O)c2ccccc2)N=C(c2ccc(OCCCO)cc2)O[C@H]1c1ccccc1Br. The standard InChI is InChI=1S/C27H27BrN2O7S/c28-23-10-5-4-9-22(23)24-27(26(32)30-33,15-18-38(34,35)21-7-2-1-3-8-21)29-25(37-24)19-11-13-20(14-12-19)36-17-6-16-31/h1-5,7-14,24,31,33H,6,15-18H2,(H,30,32)/t24-,27-/m0/s1. The average Bonchev–Trinajstić information content (AvgIpc) is 3.33. The lowest BCUT2D eigenvalue weighted by Crippen LogP contribution is -2.48. The molecule has 0 saturated carbocycles. The van der Waals surface area contributed by atoms with Gasteiger partial charge in [0, 0.05) is 35.0 Å². The van der Waals surface area contributed by atoms with Crippen LogP contribution in [-0.4, -0.2) is 55.0 Å². The second kappa shape index (κ2) is 12.1. The fourth-order valence-corrected chi connectivity index (χ4v) is 6.05. The third-order valence-corrected chi connectivity index (χ3v) is 8.63. The number of sulfone groups is 1. The summed E-state index contributed by atoms with van der Waals surface area (Å²) in [5.74, 6) is -0.603. The number of ether oxygens (including phenoxy) is 2. The van der Waals surface area contributed by atoms with Gasteiger partial charge in [0.2, 0.25) is 5.90 Å². The van der Waals surface area contributed by atoms with Gasteiger partial charge in [-0.3, -0.25) is 10.0 Å². The molecule has 1 heterocycles. The van der Waals surface area contributed by atoms with Crippen LogP contribution in [0.15, 0.2) is 93.2 Å². The molecule has 200 valence electrons. The van der Waals surface area contributed by atoms with Crippen molar-refractivity contribution >= 4 is 37.6 Å². The Labute approximate surface area is 229 Å². The van der Waals surface area contributed by atoms with Crippen molar-refractivity contribution in [2.75, 3.05) is 19.0 Å². The number of halogens is 1. The number of nitrogens with zero attached hydrogens (tertiary/aromatic N) is 1. The Balaban J connectivity index is 1.73. The van der Waals surface area contributed by atoms with Crippen LogP contribution in [0.2, 0.25) is 0 Å². The number of nitrogens with one attached hydrogen (secondary N) is 1. The molecule has 0 bridgehead atoms. The van der Waals surface area contributed by atoms with Crippen molar-refractivity contribution < 1.29 is 33.0 Å². The number of hydrogen-bond donors (Lipinski definition) is 3. The molecule has 1 amide bonds. The molecule has 0 radical (unpaired) electrons. The molecule has 4 rings (SSSR count). The third-order valence-electron chi connectivity index (χ3n) is 6.17. The monoisotopic (exact) mass is 602 g/mol. The smallest absolute Gasteiger partial charge is 0.275 e. The van der Waals surface area contributed by atoms with Crippen LogP contribution >= 0.6 is 15.9 Å². The van der Waals surface area contributed by atoms with E-state index in [1.165, 1.54) is 12.1 Å². The number of hydroxylamine groups is 1. The van der Waals surface area contributed by atoms with Crippen molar-refractivity contribution in [1.82, 2.24) is 5.48 Å². The van der Waals surface area contributed by atoms with Gasteiger partial charge in [-0.05, 0) is 42.5 Å². The number of rotatable bonds is 11. The van der Waals surface area contributed by atoms with E-state index in [1.807, 2.05) is 0 Å². The Morgan fingerprint density at radius 3 is 2.39 bits per heavy atom. The molecule has 11 heteroatoms. The fraction of sp³-hybridized carbons (Fsp3) is 0.259.